The quantitative estimate of drug-likeness (QED) is 0.899. The van der Waals surface area contributed by atoms with E-state index in [1.807, 2.05) is 12.1 Å². The minimum atomic E-state index is -0.528. The molecule has 2 N–H and O–H groups in total. The van der Waals surface area contributed by atoms with E-state index in [1.165, 1.54) is 13.3 Å². The monoisotopic (exact) mass is 277 g/mol. The Bertz CT molecular complexity index is 555. The molecular formula is C13H12ClN3O2. The number of ether oxygens (including phenoxy) is 1. The van der Waals surface area contributed by atoms with Crippen molar-refractivity contribution < 1.29 is 9.53 Å². The van der Waals surface area contributed by atoms with Crippen molar-refractivity contribution in [2.24, 2.45) is 0 Å². The summed E-state index contributed by atoms with van der Waals surface area (Å²) in [5.74, 6) is 0.665. The number of nitrogens with zero attached hydrogens (tertiary/aromatic N) is 1. The van der Waals surface area contributed by atoms with E-state index in [0.29, 0.717) is 16.5 Å². The number of pyridine rings is 1. The Labute approximate surface area is 115 Å². The minimum Gasteiger partial charge on any atom is -0.453 e. The summed E-state index contributed by atoms with van der Waals surface area (Å²) in [5.41, 5.74) is 1.44. The Morgan fingerprint density at radius 1 is 1.16 bits per heavy atom. The smallest absolute Gasteiger partial charge is 0.411 e. The van der Waals surface area contributed by atoms with Crippen LogP contribution in [0.4, 0.5) is 22.0 Å². The van der Waals surface area contributed by atoms with Gasteiger partial charge in [0, 0.05) is 10.7 Å². The normalized spacial score (nSPS) is 9.79. The lowest BCUT2D eigenvalue weighted by Gasteiger charge is -2.07. The standard InChI is InChI=1S/C13H12ClN3O2/c1-19-13(18)17-11-6-7-12(15-8-11)16-10-4-2-9(14)3-5-10/h2-8H,1H3,(H,15,16)(H,17,18). The van der Waals surface area contributed by atoms with Gasteiger partial charge in [0.15, 0.2) is 0 Å². The van der Waals surface area contributed by atoms with Gasteiger partial charge in [0.05, 0.1) is 19.0 Å². The van der Waals surface area contributed by atoms with E-state index in [-0.39, 0.29) is 0 Å². The van der Waals surface area contributed by atoms with Crippen LogP contribution in [0.25, 0.3) is 0 Å². The zero-order valence-corrected chi connectivity index (χ0v) is 10.9. The Balaban J connectivity index is 2.02. The number of rotatable bonds is 3. The van der Waals surface area contributed by atoms with Gasteiger partial charge in [-0.1, -0.05) is 11.6 Å². The summed E-state index contributed by atoms with van der Waals surface area (Å²) < 4.78 is 4.49. The second-order valence-corrected chi connectivity index (χ2v) is 4.12. The van der Waals surface area contributed by atoms with Crippen molar-refractivity contribution in [3.63, 3.8) is 0 Å². The highest BCUT2D eigenvalue weighted by molar-refractivity contribution is 6.30. The first kappa shape index (κ1) is 13.2. The predicted molar refractivity (Wildman–Crippen MR) is 75.0 cm³/mol. The second-order valence-electron chi connectivity index (χ2n) is 3.68. The summed E-state index contributed by atoms with van der Waals surface area (Å²) in [4.78, 5) is 15.2. The molecule has 2 rings (SSSR count). The highest BCUT2D eigenvalue weighted by Crippen LogP contribution is 2.18. The summed E-state index contributed by atoms with van der Waals surface area (Å²) in [6.07, 6.45) is 1.01. The van der Waals surface area contributed by atoms with Crippen molar-refractivity contribution >= 4 is 34.9 Å². The molecule has 0 saturated carbocycles. The molecule has 1 aromatic carbocycles. The van der Waals surface area contributed by atoms with Crippen LogP contribution in [0.2, 0.25) is 5.02 Å². The number of anilines is 3. The van der Waals surface area contributed by atoms with E-state index in [4.69, 9.17) is 11.6 Å². The third kappa shape index (κ3) is 3.86. The summed E-state index contributed by atoms with van der Waals surface area (Å²) in [5, 5.41) is 6.31. The van der Waals surface area contributed by atoms with Gasteiger partial charge in [-0.2, -0.15) is 0 Å². The van der Waals surface area contributed by atoms with Crippen LogP contribution >= 0.6 is 11.6 Å². The fraction of sp³-hybridized carbons (Fsp3) is 0.0769. The molecule has 0 aliphatic heterocycles. The molecule has 0 fully saturated rings. The number of carbonyl (C=O) groups excluding carboxylic acids is 1. The van der Waals surface area contributed by atoms with Crippen molar-refractivity contribution in [1.82, 2.24) is 4.98 Å². The van der Waals surface area contributed by atoms with E-state index in [0.717, 1.165) is 5.69 Å². The van der Waals surface area contributed by atoms with Gasteiger partial charge in [0.2, 0.25) is 0 Å². The van der Waals surface area contributed by atoms with Crippen molar-refractivity contribution in [1.29, 1.82) is 0 Å². The Morgan fingerprint density at radius 2 is 1.84 bits per heavy atom. The largest absolute Gasteiger partial charge is 0.453 e. The van der Waals surface area contributed by atoms with Crippen LogP contribution in [0.15, 0.2) is 42.6 Å². The molecule has 2 aromatic rings. The van der Waals surface area contributed by atoms with Crippen molar-refractivity contribution in [2.75, 3.05) is 17.7 Å². The van der Waals surface area contributed by atoms with Gasteiger partial charge >= 0.3 is 6.09 Å². The minimum absolute atomic E-state index is 0.528. The van der Waals surface area contributed by atoms with Gasteiger partial charge in [-0.15, -0.1) is 0 Å². The van der Waals surface area contributed by atoms with E-state index >= 15 is 0 Å². The molecule has 0 spiro atoms. The molecule has 5 nitrogen and oxygen atoms in total. The molecule has 0 saturated heterocycles. The van der Waals surface area contributed by atoms with Gasteiger partial charge in [-0.25, -0.2) is 9.78 Å². The van der Waals surface area contributed by atoms with Crippen molar-refractivity contribution in [2.45, 2.75) is 0 Å². The number of benzene rings is 1. The summed E-state index contributed by atoms with van der Waals surface area (Å²) in [6, 6.07) is 10.8. The average molecular weight is 278 g/mol. The van der Waals surface area contributed by atoms with Gasteiger partial charge in [0.25, 0.3) is 0 Å². The van der Waals surface area contributed by atoms with Crippen LogP contribution < -0.4 is 10.6 Å². The molecule has 6 heteroatoms. The van der Waals surface area contributed by atoms with Gasteiger partial charge < -0.3 is 10.1 Å². The molecule has 0 unspecified atom stereocenters. The first-order chi connectivity index (χ1) is 9.17. The number of hydrogen-bond donors (Lipinski definition) is 2. The fourth-order valence-electron chi connectivity index (χ4n) is 1.39. The lowest BCUT2D eigenvalue weighted by molar-refractivity contribution is 0.187. The van der Waals surface area contributed by atoms with Crippen LogP contribution in [-0.4, -0.2) is 18.2 Å². The molecule has 1 aromatic heterocycles. The van der Waals surface area contributed by atoms with Gasteiger partial charge in [-0.3, -0.25) is 5.32 Å². The number of methoxy groups -OCH3 is 1. The Morgan fingerprint density at radius 3 is 2.42 bits per heavy atom. The molecule has 98 valence electrons. The Kier molecular flexibility index (Phi) is 4.20. The molecule has 0 bridgehead atoms. The molecule has 19 heavy (non-hydrogen) atoms. The third-order valence-electron chi connectivity index (χ3n) is 2.31. The average Bonchev–Trinajstić information content (AvgIpc) is 2.43. The predicted octanol–water partition coefficient (Wildman–Crippen LogP) is 3.66. The summed E-state index contributed by atoms with van der Waals surface area (Å²) in [7, 11) is 1.30. The first-order valence-electron chi connectivity index (χ1n) is 5.51. The number of amides is 1. The van der Waals surface area contributed by atoms with Crippen LogP contribution in [0, 0.1) is 0 Å². The van der Waals surface area contributed by atoms with Gasteiger partial charge in [0.1, 0.15) is 5.82 Å². The lowest BCUT2D eigenvalue weighted by atomic mass is 10.3. The highest BCUT2D eigenvalue weighted by atomic mass is 35.5. The van der Waals surface area contributed by atoms with Crippen molar-refractivity contribution in [3.8, 4) is 0 Å². The molecule has 0 radical (unpaired) electrons. The zero-order valence-electron chi connectivity index (χ0n) is 10.2. The van der Waals surface area contributed by atoms with Crippen LogP contribution in [0.1, 0.15) is 0 Å². The Hall–Kier alpha value is -2.27. The van der Waals surface area contributed by atoms with E-state index in [2.05, 4.69) is 20.4 Å². The molecular weight excluding hydrogens is 266 g/mol. The molecule has 0 aliphatic rings. The zero-order chi connectivity index (χ0) is 13.7. The second kappa shape index (κ2) is 6.06. The number of halogens is 1. The van der Waals surface area contributed by atoms with E-state index in [1.54, 1.807) is 24.3 Å². The number of carbonyl (C=O) groups is 1. The summed E-state index contributed by atoms with van der Waals surface area (Å²) >= 11 is 5.80. The molecule has 0 atom stereocenters. The van der Waals surface area contributed by atoms with E-state index in [9.17, 15) is 4.79 Å². The maximum Gasteiger partial charge on any atom is 0.411 e. The first-order valence-corrected chi connectivity index (χ1v) is 5.89. The number of nitrogens with one attached hydrogen (secondary N) is 2. The number of hydrogen-bond acceptors (Lipinski definition) is 4. The van der Waals surface area contributed by atoms with Crippen molar-refractivity contribution in [3.05, 3.63) is 47.6 Å². The molecule has 1 heterocycles. The van der Waals surface area contributed by atoms with Gasteiger partial charge in [-0.05, 0) is 36.4 Å². The SMILES string of the molecule is COC(=O)Nc1ccc(Nc2ccc(Cl)cc2)nc1. The fourth-order valence-corrected chi connectivity index (χ4v) is 1.52. The maximum atomic E-state index is 11.0. The van der Waals surface area contributed by atoms with E-state index < -0.39 is 6.09 Å². The third-order valence-corrected chi connectivity index (χ3v) is 2.56. The lowest BCUT2D eigenvalue weighted by Crippen LogP contribution is -2.11. The summed E-state index contributed by atoms with van der Waals surface area (Å²) in [6.45, 7) is 0. The van der Waals surface area contributed by atoms with Crippen LogP contribution in [0.5, 0.6) is 0 Å². The number of aromatic nitrogens is 1. The maximum absolute atomic E-state index is 11.0. The highest BCUT2D eigenvalue weighted by Gasteiger charge is 2.01. The molecule has 1 amide bonds. The topological polar surface area (TPSA) is 63.2 Å². The van der Waals surface area contributed by atoms with Crippen LogP contribution in [0.3, 0.4) is 0 Å². The molecule has 0 aliphatic carbocycles. The van der Waals surface area contributed by atoms with Crippen LogP contribution in [-0.2, 0) is 4.74 Å².